The normalized spacial score (nSPS) is 17.2. The number of hydrogen-bond donors (Lipinski definition) is 2. The first-order chi connectivity index (χ1) is 15.4. The molecule has 0 aliphatic heterocycles. The van der Waals surface area contributed by atoms with Gasteiger partial charge < -0.3 is 10.2 Å². The molecule has 32 heavy (non-hydrogen) atoms. The van der Waals surface area contributed by atoms with Gasteiger partial charge in [0.05, 0.1) is 5.56 Å². The monoisotopic (exact) mass is 438 g/mol. The summed E-state index contributed by atoms with van der Waals surface area (Å²) in [5.41, 5.74) is 3.84. The Labute approximate surface area is 190 Å². The summed E-state index contributed by atoms with van der Waals surface area (Å²) in [6.45, 7) is 3.62. The average Bonchev–Trinajstić information content (AvgIpc) is 3.69. The van der Waals surface area contributed by atoms with Crippen LogP contribution in [-0.4, -0.2) is 42.6 Å². The molecule has 2 aromatic rings. The maximum Gasteiger partial charge on any atom is 0.155 e. The maximum absolute atomic E-state index is 14.2. The Bertz CT molecular complexity index is 1040. The number of allylic oxidation sites excluding steroid dienone is 1. The van der Waals surface area contributed by atoms with Gasteiger partial charge in [0.15, 0.2) is 5.84 Å². The minimum absolute atomic E-state index is 0. The van der Waals surface area contributed by atoms with Crippen LogP contribution >= 0.6 is 0 Å². The molecular weight excluding hydrogens is 406 g/mol. The first-order valence-corrected chi connectivity index (χ1v) is 11.3. The third-order valence-corrected chi connectivity index (χ3v) is 5.98. The van der Waals surface area contributed by atoms with Crippen molar-refractivity contribution >= 4 is 17.2 Å². The molecule has 0 saturated heterocycles. The molecule has 0 aromatic heterocycles. The van der Waals surface area contributed by atoms with Crippen molar-refractivity contribution in [2.24, 2.45) is 10.9 Å². The van der Waals surface area contributed by atoms with Gasteiger partial charge in [0.1, 0.15) is 11.6 Å². The van der Waals surface area contributed by atoms with Crippen LogP contribution in [0.4, 0.5) is 8.78 Å². The fraction of sp³-hybridized carbons (Fsp3) is 0.385. The lowest BCUT2D eigenvalue weighted by Crippen LogP contribution is -2.31. The van der Waals surface area contributed by atoms with Crippen LogP contribution in [0.3, 0.4) is 0 Å². The van der Waals surface area contributed by atoms with Gasteiger partial charge in [-0.15, -0.1) is 0 Å². The SMILES string of the molecule is CC(=NC(=N)c1cc(F)ccc1F)/C(=C(\c1ccccc1)N(C)CCNC1CC1)C1CC1.[HH]. The van der Waals surface area contributed by atoms with Crippen LogP contribution in [0.25, 0.3) is 5.70 Å². The van der Waals surface area contributed by atoms with E-state index in [9.17, 15) is 8.78 Å². The molecule has 0 bridgehead atoms. The second-order valence-corrected chi connectivity index (χ2v) is 8.72. The van der Waals surface area contributed by atoms with Crippen LogP contribution in [0.2, 0.25) is 0 Å². The zero-order valence-corrected chi connectivity index (χ0v) is 18.7. The van der Waals surface area contributed by atoms with Crippen LogP contribution in [0.1, 0.15) is 45.2 Å². The summed E-state index contributed by atoms with van der Waals surface area (Å²) < 4.78 is 27.8. The van der Waals surface area contributed by atoms with Crippen molar-refractivity contribution in [1.82, 2.24) is 10.2 Å². The van der Waals surface area contributed by atoms with Crippen LogP contribution in [0.15, 0.2) is 59.1 Å². The largest absolute Gasteiger partial charge is 0.373 e. The van der Waals surface area contributed by atoms with E-state index in [2.05, 4.69) is 34.4 Å². The Balaban J connectivity index is 0.00000306. The Morgan fingerprint density at radius 1 is 1.12 bits per heavy atom. The first kappa shape index (κ1) is 22.3. The molecule has 4 nitrogen and oxygen atoms in total. The quantitative estimate of drug-likeness (QED) is 0.401. The molecule has 4 rings (SSSR count). The van der Waals surface area contributed by atoms with E-state index in [1.165, 1.54) is 12.8 Å². The van der Waals surface area contributed by atoms with Crippen molar-refractivity contribution in [3.63, 3.8) is 0 Å². The summed E-state index contributed by atoms with van der Waals surface area (Å²) in [6, 6.07) is 14.0. The zero-order valence-electron chi connectivity index (χ0n) is 18.7. The molecule has 170 valence electrons. The van der Waals surface area contributed by atoms with Gasteiger partial charge in [0, 0.05) is 44.6 Å². The smallest absolute Gasteiger partial charge is 0.155 e. The highest BCUT2D eigenvalue weighted by atomic mass is 19.1. The molecule has 2 N–H and O–H groups in total. The third kappa shape index (κ3) is 5.49. The number of nitrogens with one attached hydrogen (secondary N) is 2. The Hall–Kier alpha value is -2.86. The minimum atomic E-state index is -0.642. The fourth-order valence-electron chi connectivity index (χ4n) is 4.01. The molecule has 2 saturated carbocycles. The standard InChI is InChI=1S/C26H30F2N4.H2/c1-17(31-26(29)22-16-20(27)10-13-23(22)28)24(18-8-9-18)25(19-6-4-3-5-7-19)32(2)15-14-30-21-11-12-21;/h3-7,10,13,16,18,21,29-30H,8-9,11-12,14-15H2,1-2H3;1H/b25-24-,29-26?,31-17?;. The second-order valence-electron chi connectivity index (χ2n) is 8.72. The molecule has 6 heteroatoms. The molecule has 2 aromatic carbocycles. The summed E-state index contributed by atoms with van der Waals surface area (Å²) in [5.74, 6) is -1.12. The van der Waals surface area contributed by atoms with Gasteiger partial charge in [0.25, 0.3) is 0 Å². The van der Waals surface area contributed by atoms with Crippen molar-refractivity contribution in [3.8, 4) is 0 Å². The summed E-state index contributed by atoms with van der Waals surface area (Å²) in [4.78, 5) is 6.70. The highest BCUT2D eigenvalue weighted by Gasteiger charge is 2.32. The lowest BCUT2D eigenvalue weighted by Gasteiger charge is -2.27. The lowest BCUT2D eigenvalue weighted by atomic mass is 9.97. The number of nitrogens with zero attached hydrogens (tertiary/aromatic N) is 2. The van der Waals surface area contributed by atoms with Gasteiger partial charge in [-0.1, -0.05) is 30.3 Å². The molecule has 2 aliphatic rings. The van der Waals surface area contributed by atoms with Crippen molar-refractivity contribution in [2.45, 2.75) is 38.6 Å². The minimum Gasteiger partial charge on any atom is -0.373 e. The maximum atomic E-state index is 14.2. The first-order valence-electron chi connectivity index (χ1n) is 11.3. The molecule has 2 aliphatic carbocycles. The van der Waals surface area contributed by atoms with E-state index in [0.717, 1.165) is 61.0 Å². The summed E-state index contributed by atoms with van der Waals surface area (Å²) in [7, 11) is 2.09. The molecule has 0 heterocycles. The number of aliphatic imine (C=N–C) groups is 1. The number of likely N-dealkylation sites (N-methyl/N-ethyl adjacent to an activating group) is 1. The van der Waals surface area contributed by atoms with Crippen molar-refractivity contribution < 1.29 is 10.2 Å². The topological polar surface area (TPSA) is 51.5 Å². The van der Waals surface area contributed by atoms with Gasteiger partial charge in [0.2, 0.25) is 0 Å². The van der Waals surface area contributed by atoms with Crippen LogP contribution in [-0.2, 0) is 0 Å². The van der Waals surface area contributed by atoms with Crippen LogP contribution in [0, 0.1) is 23.0 Å². The van der Waals surface area contributed by atoms with E-state index in [0.29, 0.717) is 17.7 Å². The molecule has 2 fully saturated rings. The molecular formula is C26H32F2N4. The van der Waals surface area contributed by atoms with Gasteiger partial charge in [-0.25, -0.2) is 13.8 Å². The molecule has 0 amide bonds. The van der Waals surface area contributed by atoms with E-state index < -0.39 is 11.6 Å². The van der Waals surface area contributed by atoms with E-state index in [-0.39, 0.29) is 12.8 Å². The highest BCUT2D eigenvalue weighted by molar-refractivity contribution is 6.13. The predicted octanol–water partition coefficient (Wildman–Crippen LogP) is 5.50. The van der Waals surface area contributed by atoms with Crippen molar-refractivity contribution in [1.29, 1.82) is 5.41 Å². The fourth-order valence-corrected chi connectivity index (χ4v) is 4.01. The lowest BCUT2D eigenvalue weighted by molar-refractivity contribution is 0.458. The molecule has 0 unspecified atom stereocenters. The molecule has 0 radical (unpaired) electrons. The Morgan fingerprint density at radius 3 is 2.50 bits per heavy atom. The third-order valence-electron chi connectivity index (χ3n) is 5.98. The number of benzene rings is 2. The van der Waals surface area contributed by atoms with Crippen molar-refractivity contribution in [2.75, 3.05) is 20.1 Å². The summed E-state index contributed by atoms with van der Waals surface area (Å²) in [5, 5.41) is 11.9. The van der Waals surface area contributed by atoms with E-state index in [4.69, 9.17) is 5.41 Å². The van der Waals surface area contributed by atoms with Gasteiger partial charge in [-0.2, -0.15) is 0 Å². The van der Waals surface area contributed by atoms with Gasteiger partial charge in [-0.3, -0.25) is 5.41 Å². The highest BCUT2D eigenvalue weighted by Crippen LogP contribution is 2.42. The van der Waals surface area contributed by atoms with E-state index in [1.54, 1.807) is 0 Å². The number of rotatable bonds is 9. The van der Waals surface area contributed by atoms with Crippen LogP contribution < -0.4 is 5.32 Å². The molecule has 0 spiro atoms. The number of amidine groups is 1. The van der Waals surface area contributed by atoms with Crippen molar-refractivity contribution in [3.05, 3.63) is 76.9 Å². The Kier molecular flexibility index (Phi) is 6.80. The summed E-state index contributed by atoms with van der Waals surface area (Å²) in [6.07, 6.45) is 4.63. The zero-order chi connectivity index (χ0) is 22.7. The molecule has 0 atom stereocenters. The van der Waals surface area contributed by atoms with Gasteiger partial charge in [-0.05, 0) is 62.3 Å². The second kappa shape index (κ2) is 9.74. The Morgan fingerprint density at radius 2 is 1.84 bits per heavy atom. The van der Waals surface area contributed by atoms with E-state index >= 15 is 0 Å². The summed E-state index contributed by atoms with van der Waals surface area (Å²) >= 11 is 0. The van der Waals surface area contributed by atoms with E-state index in [1.807, 2.05) is 25.1 Å². The number of halogens is 2. The number of hydrogen-bond acceptors (Lipinski definition) is 3. The van der Waals surface area contributed by atoms with Gasteiger partial charge >= 0.3 is 0 Å². The predicted molar refractivity (Wildman–Crippen MR) is 128 cm³/mol. The van der Waals surface area contributed by atoms with Crippen LogP contribution in [0.5, 0.6) is 0 Å². The average molecular weight is 439 g/mol.